The summed E-state index contributed by atoms with van der Waals surface area (Å²) in [6.45, 7) is 6.02. The van der Waals surface area contributed by atoms with Crippen LogP contribution in [0.1, 0.15) is 13.8 Å². The molecule has 0 bridgehead atoms. The van der Waals surface area contributed by atoms with Gasteiger partial charge in [-0.2, -0.15) is 0 Å². The smallest absolute Gasteiger partial charge is 0.409 e. The van der Waals surface area contributed by atoms with Gasteiger partial charge in [0, 0.05) is 26.2 Å². The first kappa shape index (κ1) is 16.6. The summed E-state index contributed by atoms with van der Waals surface area (Å²) in [7, 11) is -3.26. The summed E-state index contributed by atoms with van der Waals surface area (Å²) in [5, 5.41) is 0. The van der Waals surface area contributed by atoms with Gasteiger partial charge in [-0.05, 0) is 19.1 Å². The standard InChI is InChI=1S/C15H22N2O4S/c1-3-21-15(18)17-11-9-16(10-12-17)13-7-5-6-8-14(13)22(19,20)4-2/h5-8H,3-4,9-12H2,1-2H3. The Morgan fingerprint density at radius 1 is 1.14 bits per heavy atom. The number of nitrogens with zero attached hydrogens (tertiary/aromatic N) is 2. The van der Waals surface area contributed by atoms with E-state index in [1.807, 2.05) is 17.0 Å². The van der Waals surface area contributed by atoms with Crippen LogP contribution in [0.3, 0.4) is 0 Å². The number of hydrogen-bond donors (Lipinski definition) is 0. The van der Waals surface area contributed by atoms with E-state index < -0.39 is 9.84 Å². The average molecular weight is 326 g/mol. The molecular weight excluding hydrogens is 304 g/mol. The van der Waals surface area contributed by atoms with Crippen LogP contribution >= 0.6 is 0 Å². The molecule has 1 aromatic rings. The summed E-state index contributed by atoms with van der Waals surface area (Å²) in [5.74, 6) is 0.0762. The third-order valence-corrected chi connectivity index (χ3v) is 5.50. The quantitative estimate of drug-likeness (QED) is 0.843. The van der Waals surface area contributed by atoms with E-state index in [-0.39, 0.29) is 11.8 Å². The Hall–Kier alpha value is -1.76. The van der Waals surface area contributed by atoms with Gasteiger partial charge in [-0.25, -0.2) is 13.2 Å². The molecule has 0 unspecified atom stereocenters. The van der Waals surface area contributed by atoms with E-state index in [0.29, 0.717) is 43.4 Å². The average Bonchev–Trinajstić information content (AvgIpc) is 2.55. The van der Waals surface area contributed by atoms with Gasteiger partial charge < -0.3 is 14.5 Å². The van der Waals surface area contributed by atoms with Gasteiger partial charge in [0.15, 0.2) is 9.84 Å². The lowest BCUT2D eigenvalue weighted by Gasteiger charge is -2.36. The summed E-state index contributed by atoms with van der Waals surface area (Å²) in [6.07, 6.45) is -0.309. The fourth-order valence-corrected chi connectivity index (χ4v) is 3.59. The van der Waals surface area contributed by atoms with Crippen molar-refractivity contribution in [2.24, 2.45) is 0 Å². The van der Waals surface area contributed by atoms with Gasteiger partial charge in [0.25, 0.3) is 0 Å². The molecule has 0 spiro atoms. The summed E-state index contributed by atoms with van der Waals surface area (Å²) in [5.41, 5.74) is 0.716. The van der Waals surface area contributed by atoms with Crippen LogP contribution in [-0.4, -0.2) is 57.9 Å². The minimum atomic E-state index is -3.26. The van der Waals surface area contributed by atoms with Crippen molar-refractivity contribution in [3.8, 4) is 0 Å². The maximum atomic E-state index is 12.2. The summed E-state index contributed by atoms with van der Waals surface area (Å²) >= 11 is 0. The van der Waals surface area contributed by atoms with E-state index in [4.69, 9.17) is 4.74 Å². The number of amides is 1. The Balaban J connectivity index is 2.14. The zero-order valence-corrected chi connectivity index (χ0v) is 13.8. The number of sulfone groups is 1. The third-order valence-electron chi connectivity index (χ3n) is 3.73. The normalized spacial score (nSPS) is 15.7. The Morgan fingerprint density at radius 3 is 2.36 bits per heavy atom. The van der Waals surface area contributed by atoms with Gasteiger partial charge in [-0.3, -0.25) is 0 Å². The Bertz CT molecular complexity index is 622. The second kappa shape index (κ2) is 7.00. The lowest BCUT2D eigenvalue weighted by Crippen LogP contribution is -2.49. The Labute approximate surface area is 131 Å². The van der Waals surface area contributed by atoms with E-state index in [1.165, 1.54) is 0 Å². The van der Waals surface area contributed by atoms with E-state index in [0.717, 1.165) is 0 Å². The third kappa shape index (κ3) is 3.52. The number of rotatable bonds is 4. The molecule has 0 N–H and O–H groups in total. The molecule has 7 heteroatoms. The van der Waals surface area contributed by atoms with Crippen LogP contribution in [-0.2, 0) is 14.6 Å². The minimum Gasteiger partial charge on any atom is -0.450 e. The van der Waals surface area contributed by atoms with E-state index >= 15 is 0 Å². The molecule has 22 heavy (non-hydrogen) atoms. The number of benzene rings is 1. The second-order valence-electron chi connectivity index (χ2n) is 5.04. The molecule has 1 amide bonds. The maximum Gasteiger partial charge on any atom is 0.409 e. The molecule has 1 heterocycles. The van der Waals surface area contributed by atoms with Crippen molar-refractivity contribution in [1.82, 2.24) is 4.90 Å². The van der Waals surface area contributed by atoms with Crippen LogP contribution in [0.25, 0.3) is 0 Å². The zero-order chi connectivity index (χ0) is 16.2. The monoisotopic (exact) mass is 326 g/mol. The fraction of sp³-hybridized carbons (Fsp3) is 0.533. The summed E-state index contributed by atoms with van der Waals surface area (Å²) in [6, 6.07) is 7.04. The van der Waals surface area contributed by atoms with Crippen LogP contribution in [0.15, 0.2) is 29.2 Å². The van der Waals surface area contributed by atoms with Crippen molar-refractivity contribution in [2.45, 2.75) is 18.7 Å². The molecule has 1 aliphatic heterocycles. The molecule has 0 saturated carbocycles. The van der Waals surface area contributed by atoms with Gasteiger partial charge in [0.2, 0.25) is 0 Å². The molecule has 1 aliphatic rings. The highest BCUT2D eigenvalue weighted by atomic mass is 32.2. The molecule has 1 aromatic carbocycles. The molecule has 0 aliphatic carbocycles. The molecule has 6 nitrogen and oxygen atoms in total. The Kier molecular flexibility index (Phi) is 5.28. The first-order valence-electron chi connectivity index (χ1n) is 7.48. The maximum absolute atomic E-state index is 12.2. The lowest BCUT2D eigenvalue weighted by molar-refractivity contribution is 0.105. The highest BCUT2D eigenvalue weighted by Gasteiger charge is 2.25. The SMILES string of the molecule is CCOC(=O)N1CCN(c2ccccc2S(=O)(=O)CC)CC1. The highest BCUT2D eigenvalue weighted by Crippen LogP contribution is 2.27. The molecule has 1 saturated heterocycles. The van der Waals surface area contributed by atoms with Crippen molar-refractivity contribution in [1.29, 1.82) is 0 Å². The zero-order valence-electron chi connectivity index (χ0n) is 13.0. The molecule has 1 fully saturated rings. The van der Waals surface area contributed by atoms with Crippen LogP contribution in [0.5, 0.6) is 0 Å². The summed E-state index contributed by atoms with van der Waals surface area (Å²) in [4.78, 5) is 15.7. The number of piperazine rings is 1. The number of hydrogen-bond acceptors (Lipinski definition) is 5. The second-order valence-corrected chi connectivity index (χ2v) is 7.29. The molecule has 2 rings (SSSR count). The predicted molar refractivity (Wildman–Crippen MR) is 85.0 cm³/mol. The van der Waals surface area contributed by atoms with E-state index in [1.54, 1.807) is 30.9 Å². The highest BCUT2D eigenvalue weighted by molar-refractivity contribution is 7.91. The van der Waals surface area contributed by atoms with Gasteiger partial charge in [-0.1, -0.05) is 19.1 Å². The van der Waals surface area contributed by atoms with Crippen molar-refractivity contribution in [3.63, 3.8) is 0 Å². The topological polar surface area (TPSA) is 66.9 Å². The largest absolute Gasteiger partial charge is 0.450 e. The molecule has 0 aromatic heterocycles. The molecule has 0 atom stereocenters. The fourth-order valence-electron chi connectivity index (χ4n) is 2.48. The van der Waals surface area contributed by atoms with Crippen LogP contribution in [0, 0.1) is 0 Å². The van der Waals surface area contributed by atoms with Crippen LogP contribution in [0.4, 0.5) is 10.5 Å². The van der Waals surface area contributed by atoms with Gasteiger partial charge >= 0.3 is 6.09 Å². The van der Waals surface area contributed by atoms with E-state index in [9.17, 15) is 13.2 Å². The van der Waals surface area contributed by atoms with Gasteiger partial charge in [0.1, 0.15) is 0 Å². The summed E-state index contributed by atoms with van der Waals surface area (Å²) < 4.78 is 29.4. The number of carbonyl (C=O) groups excluding carboxylic acids is 1. The molecule has 0 radical (unpaired) electrons. The predicted octanol–water partition coefficient (Wildman–Crippen LogP) is 1.76. The number of para-hydroxylation sites is 1. The van der Waals surface area contributed by atoms with E-state index in [2.05, 4.69) is 0 Å². The lowest BCUT2D eigenvalue weighted by atomic mass is 10.2. The van der Waals surface area contributed by atoms with Crippen molar-refractivity contribution < 1.29 is 17.9 Å². The number of carbonyl (C=O) groups is 1. The number of anilines is 1. The number of ether oxygens (including phenoxy) is 1. The molecule has 122 valence electrons. The van der Waals surface area contributed by atoms with Crippen LogP contribution in [0.2, 0.25) is 0 Å². The minimum absolute atomic E-state index is 0.0762. The first-order valence-corrected chi connectivity index (χ1v) is 9.13. The Morgan fingerprint density at radius 2 is 1.77 bits per heavy atom. The van der Waals surface area contributed by atoms with Gasteiger partial charge in [0.05, 0.1) is 22.9 Å². The first-order chi connectivity index (χ1) is 10.5. The van der Waals surface area contributed by atoms with Crippen molar-refractivity contribution in [2.75, 3.05) is 43.4 Å². The van der Waals surface area contributed by atoms with Crippen LogP contribution < -0.4 is 4.90 Å². The molecular formula is C15H22N2O4S. The van der Waals surface area contributed by atoms with Crippen molar-refractivity contribution in [3.05, 3.63) is 24.3 Å². The van der Waals surface area contributed by atoms with Gasteiger partial charge in [-0.15, -0.1) is 0 Å². The van der Waals surface area contributed by atoms with Crippen molar-refractivity contribution >= 4 is 21.6 Å².